The zero-order valence-electron chi connectivity index (χ0n) is 13.5. The number of fused-ring (bicyclic) bond motifs is 1. The maximum atomic E-state index is 13.1. The van der Waals surface area contributed by atoms with E-state index in [9.17, 15) is 9.18 Å². The first-order valence-electron chi connectivity index (χ1n) is 7.89. The summed E-state index contributed by atoms with van der Waals surface area (Å²) in [5, 5.41) is 3.83. The van der Waals surface area contributed by atoms with Gasteiger partial charge in [-0.1, -0.05) is 30.3 Å². The van der Waals surface area contributed by atoms with E-state index in [0.29, 0.717) is 19.7 Å². The molecule has 1 aromatic heterocycles. The Balaban J connectivity index is 1.85. The van der Waals surface area contributed by atoms with Crippen molar-refractivity contribution in [2.24, 2.45) is 0 Å². The van der Waals surface area contributed by atoms with Gasteiger partial charge in [0.05, 0.1) is 6.61 Å². The highest BCUT2D eigenvalue weighted by Gasteiger charge is 2.10. The molecule has 2 aromatic carbocycles. The number of carbonyl (C=O) groups excluding carboxylic acids is 1. The molecule has 0 unspecified atom stereocenters. The number of nitrogens with zero attached hydrogens (tertiary/aromatic N) is 1. The third-order valence-electron chi connectivity index (χ3n) is 3.84. The van der Waals surface area contributed by atoms with Gasteiger partial charge in [-0.15, -0.1) is 0 Å². The molecule has 0 aliphatic carbocycles. The number of alkyl carbamates (subject to hydrolysis) is 1. The number of hydrogen-bond acceptors (Lipinski definition) is 2. The third-order valence-corrected chi connectivity index (χ3v) is 3.84. The van der Waals surface area contributed by atoms with E-state index in [1.54, 1.807) is 19.1 Å². The molecule has 0 radical (unpaired) electrons. The molecule has 4 nitrogen and oxygen atoms in total. The van der Waals surface area contributed by atoms with Crippen LogP contribution in [0, 0.1) is 5.82 Å². The number of rotatable bonds is 5. The summed E-state index contributed by atoms with van der Waals surface area (Å²) in [6.07, 6.45) is 1.59. The van der Waals surface area contributed by atoms with Gasteiger partial charge in [0.1, 0.15) is 5.82 Å². The molecule has 24 heavy (non-hydrogen) atoms. The van der Waals surface area contributed by atoms with Gasteiger partial charge in [-0.3, -0.25) is 0 Å². The zero-order chi connectivity index (χ0) is 16.9. The van der Waals surface area contributed by atoms with Crippen molar-refractivity contribution in [1.29, 1.82) is 0 Å². The first kappa shape index (κ1) is 16.1. The molecule has 1 amide bonds. The van der Waals surface area contributed by atoms with Gasteiger partial charge < -0.3 is 14.6 Å². The van der Waals surface area contributed by atoms with Gasteiger partial charge >= 0.3 is 6.09 Å². The van der Waals surface area contributed by atoms with E-state index in [2.05, 4.69) is 9.88 Å². The summed E-state index contributed by atoms with van der Waals surface area (Å²) in [6.45, 7) is 3.16. The van der Waals surface area contributed by atoms with Crippen LogP contribution in [0.15, 0.2) is 54.7 Å². The van der Waals surface area contributed by atoms with E-state index in [0.717, 1.165) is 22.0 Å². The fourth-order valence-corrected chi connectivity index (χ4v) is 2.73. The van der Waals surface area contributed by atoms with Crippen LogP contribution in [0.3, 0.4) is 0 Å². The summed E-state index contributed by atoms with van der Waals surface area (Å²) in [5.41, 5.74) is 3.10. The van der Waals surface area contributed by atoms with Crippen LogP contribution in [0.4, 0.5) is 9.18 Å². The largest absolute Gasteiger partial charge is 0.450 e. The Morgan fingerprint density at radius 3 is 2.67 bits per heavy atom. The van der Waals surface area contributed by atoms with Crippen molar-refractivity contribution < 1.29 is 13.9 Å². The Hall–Kier alpha value is -2.82. The Kier molecular flexibility index (Phi) is 4.79. The fourth-order valence-electron chi connectivity index (χ4n) is 2.73. The first-order chi connectivity index (χ1) is 11.7. The van der Waals surface area contributed by atoms with Crippen LogP contribution in [0.1, 0.15) is 18.1 Å². The van der Waals surface area contributed by atoms with Crippen LogP contribution in [0.2, 0.25) is 0 Å². The molecule has 1 N–H and O–H groups in total. The number of aromatic nitrogens is 1. The second-order valence-electron chi connectivity index (χ2n) is 5.50. The van der Waals surface area contributed by atoms with Gasteiger partial charge in [-0.25, -0.2) is 9.18 Å². The number of halogens is 1. The summed E-state index contributed by atoms with van der Waals surface area (Å²) in [6, 6.07) is 14.5. The van der Waals surface area contributed by atoms with Gasteiger partial charge in [0, 0.05) is 30.2 Å². The highest BCUT2D eigenvalue weighted by molar-refractivity contribution is 5.84. The Bertz CT molecular complexity index is 840. The molecule has 3 rings (SSSR count). The van der Waals surface area contributed by atoms with Gasteiger partial charge in [-0.2, -0.15) is 0 Å². The van der Waals surface area contributed by atoms with Gasteiger partial charge in [0.25, 0.3) is 0 Å². The lowest BCUT2D eigenvalue weighted by Crippen LogP contribution is -2.23. The molecular formula is C19H19FN2O2. The minimum absolute atomic E-state index is 0.240. The number of para-hydroxylation sites is 1. The molecule has 1 heterocycles. The average molecular weight is 326 g/mol. The molecule has 0 saturated heterocycles. The molecule has 0 atom stereocenters. The highest BCUT2D eigenvalue weighted by Crippen LogP contribution is 2.22. The Morgan fingerprint density at radius 1 is 1.17 bits per heavy atom. The van der Waals surface area contributed by atoms with Crippen molar-refractivity contribution in [2.45, 2.75) is 20.0 Å². The smallest absolute Gasteiger partial charge is 0.407 e. The zero-order valence-corrected chi connectivity index (χ0v) is 13.5. The maximum absolute atomic E-state index is 13.1. The summed E-state index contributed by atoms with van der Waals surface area (Å²) in [7, 11) is 0. The molecule has 3 aromatic rings. The van der Waals surface area contributed by atoms with E-state index >= 15 is 0 Å². The molecule has 0 aliphatic rings. The lowest BCUT2D eigenvalue weighted by Gasteiger charge is -2.05. The lowest BCUT2D eigenvalue weighted by atomic mass is 10.2. The number of carbonyl (C=O) groups is 1. The molecule has 5 heteroatoms. The SMILES string of the molecule is CCOC(=O)NCc1cn(Cc2ccc(F)cc2)c2ccccc12. The summed E-state index contributed by atoms with van der Waals surface area (Å²) in [4.78, 5) is 11.5. The summed E-state index contributed by atoms with van der Waals surface area (Å²) in [5.74, 6) is -0.240. The molecule has 0 aliphatic heterocycles. The van der Waals surface area contributed by atoms with Crippen molar-refractivity contribution in [3.63, 3.8) is 0 Å². The Labute approximate surface area is 139 Å². The second-order valence-corrected chi connectivity index (χ2v) is 5.50. The minimum Gasteiger partial charge on any atom is -0.450 e. The number of ether oxygens (including phenoxy) is 1. The fraction of sp³-hybridized carbons (Fsp3) is 0.211. The van der Waals surface area contributed by atoms with E-state index in [1.807, 2.05) is 30.5 Å². The molecular weight excluding hydrogens is 307 g/mol. The van der Waals surface area contributed by atoms with Crippen molar-refractivity contribution in [2.75, 3.05) is 6.61 Å². The number of hydrogen-bond donors (Lipinski definition) is 1. The third kappa shape index (κ3) is 3.56. The standard InChI is InChI=1S/C19H19FN2O2/c1-2-24-19(23)21-11-15-13-22(18-6-4-3-5-17(15)18)12-14-7-9-16(20)10-8-14/h3-10,13H,2,11-12H2,1H3,(H,21,23). The predicted octanol–water partition coefficient (Wildman–Crippen LogP) is 4.07. The molecule has 0 fully saturated rings. The van der Waals surface area contributed by atoms with Gasteiger partial charge in [0.2, 0.25) is 0 Å². The van der Waals surface area contributed by atoms with Crippen molar-refractivity contribution in [3.05, 3.63) is 71.7 Å². The van der Waals surface area contributed by atoms with Crippen molar-refractivity contribution >= 4 is 17.0 Å². The average Bonchev–Trinajstić information content (AvgIpc) is 2.93. The molecule has 0 spiro atoms. The quantitative estimate of drug-likeness (QED) is 0.768. The van der Waals surface area contributed by atoms with E-state index < -0.39 is 6.09 Å². The van der Waals surface area contributed by atoms with Crippen LogP contribution in [-0.2, 0) is 17.8 Å². The predicted molar refractivity (Wildman–Crippen MR) is 91.3 cm³/mol. The van der Waals surface area contributed by atoms with E-state index in [1.165, 1.54) is 12.1 Å². The lowest BCUT2D eigenvalue weighted by molar-refractivity contribution is 0.151. The van der Waals surface area contributed by atoms with Gasteiger partial charge in [0.15, 0.2) is 0 Å². The minimum atomic E-state index is -0.423. The number of nitrogens with one attached hydrogen (secondary N) is 1. The second kappa shape index (κ2) is 7.17. The van der Waals surface area contributed by atoms with Crippen LogP contribution < -0.4 is 5.32 Å². The van der Waals surface area contributed by atoms with E-state index in [4.69, 9.17) is 4.74 Å². The number of benzene rings is 2. The molecule has 0 bridgehead atoms. The van der Waals surface area contributed by atoms with Crippen LogP contribution >= 0.6 is 0 Å². The van der Waals surface area contributed by atoms with Crippen molar-refractivity contribution in [3.8, 4) is 0 Å². The van der Waals surface area contributed by atoms with Crippen LogP contribution in [0.25, 0.3) is 10.9 Å². The molecule has 0 saturated carbocycles. The first-order valence-corrected chi connectivity index (χ1v) is 7.89. The summed E-state index contributed by atoms with van der Waals surface area (Å²) >= 11 is 0. The van der Waals surface area contributed by atoms with Crippen molar-refractivity contribution in [1.82, 2.24) is 9.88 Å². The van der Waals surface area contributed by atoms with Gasteiger partial charge in [-0.05, 0) is 36.2 Å². The van der Waals surface area contributed by atoms with Crippen LogP contribution in [0.5, 0.6) is 0 Å². The summed E-state index contributed by atoms with van der Waals surface area (Å²) < 4.78 is 20.1. The van der Waals surface area contributed by atoms with Crippen LogP contribution in [-0.4, -0.2) is 17.3 Å². The number of amides is 1. The normalized spacial score (nSPS) is 10.8. The topological polar surface area (TPSA) is 43.3 Å². The molecule has 124 valence electrons. The highest BCUT2D eigenvalue weighted by atomic mass is 19.1. The van der Waals surface area contributed by atoms with E-state index in [-0.39, 0.29) is 5.82 Å². The maximum Gasteiger partial charge on any atom is 0.407 e. The monoisotopic (exact) mass is 326 g/mol. The Morgan fingerprint density at radius 2 is 1.92 bits per heavy atom.